The highest BCUT2D eigenvalue weighted by atomic mass is 16.3. The number of fused-ring (bicyclic) bond motifs is 1. The number of rotatable bonds is 4. The van der Waals surface area contributed by atoms with Crippen LogP contribution in [0.15, 0.2) is 24.3 Å². The fourth-order valence-corrected chi connectivity index (χ4v) is 3.68. The first-order chi connectivity index (χ1) is 9.83. The van der Waals surface area contributed by atoms with Crippen molar-refractivity contribution in [1.29, 1.82) is 0 Å². The van der Waals surface area contributed by atoms with Crippen molar-refractivity contribution >= 4 is 5.69 Å². The monoisotopic (exact) mass is 274 g/mol. The Kier molecular flexibility index (Phi) is 4.58. The van der Waals surface area contributed by atoms with Gasteiger partial charge in [0, 0.05) is 31.9 Å². The molecule has 0 spiro atoms. The van der Waals surface area contributed by atoms with Crippen LogP contribution >= 0.6 is 0 Å². The summed E-state index contributed by atoms with van der Waals surface area (Å²) in [6.45, 7) is 3.68. The average Bonchev–Trinajstić information content (AvgIpc) is 2.87. The number of β-amino-alcohol motifs (C(OH)–C–C–N with tert-alkyl or cyclic N) is 1. The second kappa shape index (κ2) is 6.59. The highest BCUT2D eigenvalue weighted by Gasteiger charge is 2.22. The summed E-state index contributed by atoms with van der Waals surface area (Å²) in [5, 5.41) is 13.9. The smallest absolute Gasteiger partial charge is 0.0717 e. The molecule has 110 valence electrons. The van der Waals surface area contributed by atoms with Crippen LogP contribution in [0.5, 0.6) is 0 Å². The molecule has 1 fully saturated rings. The summed E-state index contributed by atoms with van der Waals surface area (Å²) in [6, 6.07) is 8.56. The molecule has 3 nitrogen and oxygen atoms in total. The number of hydrogen-bond acceptors (Lipinski definition) is 3. The predicted molar refractivity (Wildman–Crippen MR) is 82.9 cm³/mol. The van der Waals surface area contributed by atoms with Crippen LogP contribution in [0.25, 0.3) is 0 Å². The maximum absolute atomic E-state index is 10.4. The number of anilines is 1. The van der Waals surface area contributed by atoms with E-state index in [1.165, 1.54) is 36.9 Å². The molecule has 3 heteroatoms. The SMILES string of the molecule is OC(CC1CCCC1)CN1CCNCc2ccccc21. The Bertz CT molecular complexity index is 429. The van der Waals surface area contributed by atoms with Crippen LogP contribution in [-0.2, 0) is 6.54 Å². The lowest BCUT2D eigenvalue weighted by molar-refractivity contribution is 0.148. The third-order valence-electron chi connectivity index (χ3n) is 4.72. The summed E-state index contributed by atoms with van der Waals surface area (Å²) in [4.78, 5) is 2.36. The van der Waals surface area contributed by atoms with Gasteiger partial charge in [-0.05, 0) is 24.0 Å². The second-order valence-electron chi connectivity index (χ2n) is 6.29. The van der Waals surface area contributed by atoms with E-state index in [1.54, 1.807) is 0 Å². The van der Waals surface area contributed by atoms with Crippen molar-refractivity contribution in [2.75, 3.05) is 24.5 Å². The summed E-state index contributed by atoms with van der Waals surface area (Å²) in [7, 11) is 0. The molecule has 0 bridgehead atoms. The number of hydrogen-bond donors (Lipinski definition) is 2. The fourth-order valence-electron chi connectivity index (χ4n) is 3.68. The molecule has 1 aromatic rings. The van der Waals surface area contributed by atoms with Crippen molar-refractivity contribution in [3.05, 3.63) is 29.8 Å². The molecular weight excluding hydrogens is 248 g/mol. The molecule has 3 rings (SSSR count). The van der Waals surface area contributed by atoms with Crippen LogP contribution in [-0.4, -0.2) is 30.8 Å². The zero-order valence-corrected chi connectivity index (χ0v) is 12.2. The Hall–Kier alpha value is -1.06. The number of aliphatic hydroxyl groups excluding tert-OH is 1. The molecule has 1 aromatic carbocycles. The first-order valence-corrected chi connectivity index (χ1v) is 8.04. The Morgan fingerprint density at radius 1 is 1.25 bits per heavy atom. The van der Waals surface area contributed by atoms with E-state index in [0.717, 1.165) is 38.5 Å². The number of benzene rings is 1. The molecule has 1 saturated carbocycles. The van der Waals surface area contributed by atoms with Crippen molar-refractivity contribution in [3.63, 3.8) is 0 Å². The molecule has 2 aliphatic rings. The van der Waals surface area contributed by atoms with E-state index in [4.69, 9.17) is 0 Å². The average molecular weight is 274 g/mol. The van der Waals surface area contributed by atoms with E-state index < -0.39 is 0 Å². The molecule has 1 aliphatic carbocycles. The molecule has 0 radical (unpaired) electrons. The van der Waals surface area contributed by atoms with Gasteiger partial charge in [0.1, 0.15) is 0 Å². The highest BCUT2D eigenvalue weighted by Crippen LogP contribution is 2.29. The lowest BCUT2D eigenvalue weighted by atomic mass is 9.99. The number of nitrogens with zero attached hydrogens (tertiary/aromatic N) is 1. The molecule has 0 amide bonds. The van der Waals surface area contributed by atoms with E-state index in [2.05, 4.69) is 34.5 Å². The van der Waals surface area contributed by atoms with Gasteiger partial charge in [0.2, 0.25) is 0 Å². The Morgan fingerprint density at radius 2 is 2.05 bits per heavy atom. The van der Waals surface area contributed by atoms with Gasteiger partial charge in [0.05, 0.1) is 6.10 Å². The molecule has 1 atom stereocenters. The van der Waals surface area contributed by atoms with Gasteiger partial charge >= 0.3 is 0 Å². The van der Waals surface area contributed by atoms with Gasteiger partial charge in [0.25, 0.3) is 0 Å². The van der Waals surface area contributed by atoms with Crippen LogP contribution in [0.1, 0.15) is 37.7 Å². The lowest BCUT2D eigenvalue weighted by Crippen LogP contribution is -2.36. The first kappa shape index (κ1) is 13.9. The summed E-state index contributed by atoms with van der Waals surface area (Å²) in [5.41, 5.74) is 2.64. The highest BCUT2D eigenvalue weighted by molar-refractivity contribution is 5.54. The molecule has 1 aliphatic heterocycles. The standard InChI is InChI=1S/C17H26N2O/c20-16(11-14-5-1-2-6-14)13-19-10-9-18-12-15-7-3-4-8-17(15)19/h3-4,7-8,14,16,18,20H,1-2,5-6,9-13H2. The van der Waals surface area contributed by atoms with Gasteiger partial charge in [-0.15, -0.1) is 0 Å². The summed E-state index contributed by atoms with van der Waals surface area (Å²) >= 11 is 0. The Labute approximate surface area is 122 Å². The maximum Gasteiger partial charge on any atom is 0.0717 e. The second-order valence-corrected chi connectivity index (χ2v) is 6.29. The van der Waals surface area contributed by atoms with Crippen LogP contribution in [0, 0.1) is 5.92 Å². The lowest BCUT2D eigenvalue weighted by Gasteiger charge is -2.28. The third-order valence-corrected chi connectivity index (χ3v) is 4.72. The van der Waals surface area contributed by atoms with Crippen LogP contribution < -0.4 is 10.2 Å². The first-order valence-electron chi connectivity index (χ1n) is 8.04. The molecule has 2 N–H and O–H groups in total. The molecule has 0 aromatic heterocycles. The van der Waals surface area contributed by atoms with Gasteiger partial charge in [0.15, 0.2) is 0 Å². The fraction of sp³-hybridized carbons (Fsp3) is 0.647. The molecular formula is C17H26N2O. The van der Waals surface area contributed by atoms with Crippen LogP contribution in [0.2, 0.25) is 0 Å². The van der Waals surface area contributed by atoms with E-state index >= 15 is 0 Å². The normalized spacial score (nSPS) is 21.6. The third kappa shape index (κ3) is 3.33. The number of nitrogens with one attached hydrogen (secondary N) is 1. The summed E-state index contributed by atoms with van der Waals surface area (Å²) < 4.78 is 0. The van der Waals surface area contributed by atoms with Crippen LogP contribution in [0.4, 0.5) is 5.69 Å². The van der Waals surface area contributed by atoms with Gasteiger partial charge in [-0.2, -0.15) is 0 Å². The number of para-hydroxylation sites is 1. The molecule has 1 heterocycles. The molecule has 20 heavy (non-hydrogen) atoms. The van der Waals surface area contributed by atoms with E-state index in [0.29, 0.717) is 0 Å². The van der Waals surface area contributed by atoms with Gasteiger partial charge in [-0.25, -0.2) is 0 Å². The zero-order chi connectivity index (χ0) is 13.8. The van der Waals surface area contributed by atoms with Gasteiger partial charge < -0.3 is 15.3 Å². The van der Waals surface area contributed by atoms with Crippen molar-refractivity contribution in [2.45, 2.75) is 44.8 Å². The van der Waals surface area contributed by atoms with E-state index in [1.807, 2.05) is 0 Å². The minimum Gasteiger partial charge on any atom is -0.391 e. The summed E-state index contributed by atoms with van der Waals surface area (Å²) in [6.07, 6.45) is 6.13. The molecule has 0 saturated heterocycles. The minimum absolute atomic E-state index is 0.191. The maximum atomic E-state index is 10.4. The van der Waals surface area contributed by atoms with Gasteiger partial charge in [-0.1, -0.05) is 43.9 Å². The van der Waals surface area contributed by atoms with E-state index in [-0.39, 0.29) is 6.10 Å². The van der Waals surface area contributed by atoms with Crippen molar-refractivity contribution in [3.8, 4) is 0 Å². The quantitative estimate of drug-likeness (QED) is 0.885. The van der Waals surface area contributed by atoms with E-state index in [9.17, 15) is 5.11 Å². The Morgan fingerprint density at radius 3 is 2.90 bits per heavy atom. The van der Waals surface area contributed by atoms with Gasteiger partial charge in [-0.3, -0.25) is 0 Å². The van der Waals surface area contributed by atoms with Crippen molar-refractivity contribution in [1.82, 2.24) is 5.32 Å². The van der Waals surface area contributed by atoms with Crippen molar-refractivity contribution < 1.29 is 5.11 Å². The van der Waals surface area contributed by atoms with Crippen molar-refractivity contribution in [2.24, 2.45) is 5.92 Å². The topological polar surface area (TPSA) is 35.5 Å². The predicted octanol–water partition coefficient (Wildman–Crippen LogP) is 2.54. The largest absolute Gasteiger partial charge is 0.391 e. The summed E-state index contributed by atoms with van der Waals surface area (Å²) in [5.74, 6) is 0.755. The van der Waals surface area contributed by atoms with Crippen LogP contribution in [0.3, 0.4) is 0 Å². The number of aliphatic hydroxyl groups is 1. The zero-order valence-electron chi connectivity index (χ0n) is 12.2. The Balaban J connectivity index is 1.63. The minimum atomic E-state index is -0.191. The molecule has 1 unspecified atom stereocenters.